The highest BCUT2D eigenvalue weighted by Gasteiger charge is 1.99. The average molecular weight is 211 g/mol. The fourth-order valence-electron chi connectivity index (χ4n) is 1.39. The highest BCUT2D eigenvalue weighted by molar-refractivity contribution is 5.92. The maximum Gasteiger partial charge on any atom is 0.0310 e. The molecule has 0 bridgehead atoms. The second kappa shape index (κ2) is 9.87. The Balaban J connectivity index is 3.41. The first kappa shape index (κ1) is 14.3. The number of hydrazine groups is 1. The molecule has 0 radical (unpaired) electrons. The van der Waals surface area contributed by atoms with Crippen molar-refractivity contribution in [2.24, 2.45) is 16.8 Å². The molecule has 0 heterocycles. The predicted octanol–water partition coefficient (Wildman–Crippen LogP) is 2.29. The Kier molecular flexibility index (Phi) is 9.43. The molecule has 1 unspecified atom stereocenters. The molecule has 0 rings (SSSR count). The van der Waals surface area contributed by atoms with Gasteiger partial charge in [0.05, 0.1) is 0 Å². The van der Waals surface area contributed by atoms with Crippen molar-refractivity contribution in [1.82, 2.24) is 5.43 Å². The van der Waals surface area contributed by atoms with Crippen molar-refractivity contribution in [3.05, 3.63) is 12.2 Å². The number of nitrogens with one attached hydrogen (secondary N) is 1. The third kappa shape index (κ3) is 9.63. The average Bonchev–Trinajstić information content (AvgIpc) is 2.25. The lowest BCUT2D eigenvalue weighted by Crippen LogP contribution is -2.24. The molecule has 0 aromatic heterocycles. The third-order valence-electron chi connectivity index (χ3n) is 2.56. The summed E-state index contributed by atoms with van der Waals surface area (Å²) in [5.74, 6) is 5.99. The minimum Gasteiger partial charge on any atom is -0.293 e. The first-order valence-electron chi connectivity index (χ1n) is 5.74. The van der Waals surface area contributed by atoms with E-state index in [1.165, 1.54) is 12.8 Å². The van der Waals surface area contributed by atoms with Gasteiger partial charge in [0.1, 0.15) is 0 Å². The molecule has 0 aliphatic rings. The van der Waals surface area contributed by atoms with Crippen molar-refractivity contribution in [3.63, 3.8) is 0 Å². The maximum atomic E-state index is 5.23. The van der Waals surface area contributed by atoms with E-state index in [2.05, 4.69) is 29.5 Å². The zero-order valence-electron chi connectivity index (χ0n) is 10.3. The van der Waals surface area contributed by atoms with Crippen LogP contribution in [0.1, 0.15) is 39.5 Å². The summed E-state index contributed by atoms with van der Waals surface area (Å²) in [5.41, 5.74) is 3.79. The van der Waals surface area contributed by atoms with E-state index in [1.807, 2.05) is 14.0 Å². The van der Waals surface area contributed by atoms with Gasteiger partial charge in [0.25, 0.3) is 0 Å². The van der Waals surface area contributed by atoms with Crippen LogP contribution in [0.15, 0.2) is 17.1 Å². The summed E-state index contributed by atoms with van der Waals surface area (Å²) in [7, 11) is 1.82. The van der Waals surface area contributed by atoms with E-state index < -0.39 is 0 Å². The molecule has 0 aliphatic heterocycles. The van der Waals surface area contributed by atoms with E-state index in [9.17, 15) is 0 Å². The molecule has 3 N–H and O–H groups in total. The van der Waals surface area contributed by atoms with Crippen LogP contribution < -0.4 is 11.3 Å². The van der Waals surface area contributed by atoms with E-state index >= 15 is 0 Å². The lowest BCUT2D eigenvalue weighted by atomic mass is 10.0. The van der Waals surface area contributed by atoms with Gasteiger partial charge in [-0.2, -0.15) is 0 Å². The standard InChI is InChI=1S/C12H25N3/c1-11(9-10-15-13)7-5-4-6-8-12(2)14-3/h6,8,11,15H,4-5,7,9-10,13H2,1-3H3/b8-6-,14-12?. The molecule has 0 saturated carbocycles. The number of unbranched alkanes of at least 4 members (excludes halogenated alkanes) is 1. The molecule has 15 heavy (non-hydrogen) atoms. The van der Waals surface area contributed by atoms with Crippen LogP contribution in [0.3, 0.4) is 0 Å². The summed E-state index contributed by atoms with van der Waals surface area (Å²) in [6, 6.07) is 0. The fourth-order valence-corrected chi connectivity index (χ4v) is 1.39. The van der Waals surface area contributed by atoms with Crippen molar-refractivity contribution in [2.75, 3.05) is 13.6 Å². The first-order chi connectivity index (χ1) is 7.20. The lowest BCUT2D eigenvalue weighted by molar-refractivity contribution is 0.461. The van der Waals surface area contributed by atoms with Crippen LogP contribution in [0, 0.1) is 5.92 Å². The maximum absolute atomic E-state index is 5.23. The van der Waals surface area contributed by atoms with Gasteiger partial charge in [0, 0.05) is 19.3 Å². The monoisotopic (exact) mass is 211 g/mol. The summed E-state index contributed by atoms with van der Waals surface area (Å²) in [6.07, 6.45) is 9.12. The first-order valence-corrected chi connectivity index (χ1v) is 5.74. The van der Waals surface area contributed by atoms with E-state index in [1.54, 1.807) is 0 Å². The molecule has 0 amide bonds. The number of nitrogens with zero attached hydrogens (tertiary/aromatic N) is 1. The minimum atomic E-state index is 0.760. The van der Waals surface area contributed by atoms with Crippen LogP contribution in [-0.2, 0) is 0 Å². The van der Waals surface area contributed by atoms with E-state index in [-0.39, 0.29) is 0 Å². The van der Waals surface area contributed by atoms with E-state index in [0.29, 0.717) is 0 Å². The van der Waals surface area contributed by atoms with Crippen molar-refractivity contribution in [3.8, 4) is 0 Å². The van der Waals surface area contributed by atoms with Crippen LogP contribution in [0.4, 0.5) is 0 Å². The molecular weight excluding hydrogens is 186 g/mol. The van der Waals surface area contributed by atoms with Gasteiger partial charge < -0.3 is 0 Å². The number of aliphatic imine (C=N–C) groups is 1. The Morgan fingerprint density at radius 3 is 2.80 bits per heavy atom. The van der Waals surface area contributed by atoms with Gasteiger partial charge in [-0.3, -0.25) is 16.3 Å². The topological polar surface area (TPSA) is 50.4 Å². The molecule has 0 saturated heterocycles. The summed E-state index contributed by atoms with van der Waals surface area (Å²) >= 11 is 0. The Morgan fingerprint density at radius 2 is 2.20 bits per heavy atom. The number of rotatable bonds is 8. The number of hydrogen-bond donors (Lipinski definition) is 2. The summed E-state index contributed by atoms with van der Waals surface area (Å²) in [6.45, 7) is 5.21. The third-order valence-corrected chi connectivity index (χ3v) is 2.56. The number of hydrogen-bond acceptors (Lipinski definition) is 3. The zero-order chi connectivity index (χ0) is 11.5. The van der Waals surface area contributed by atoms with Crippen molar-refractivity contribution in [1.29, 1.82) is 0 Å². The summed E-state index contributed by atoms with van der Waals surface area (Å²) < 4.78 is 0. The Morgan fingerprint density at radius 1 is 1.47 bits per heavy atom. The van der Waals surface area contributed by atoms with Gasteiger partial charge in [-0.25, -0.2) is 0 Å². The van der Waals surface area contributed by atoms with E-state index in [4.69, 9.17) is 5.84 Å². The zero-order valence-corrected chi connectivity index (χ0v) is 10.3. The molecule has 3 heteroatoms. The molecule has 1 atom stereocenters. The fraction of sp³-hybridized carbons (Fsp3) is 0.750. The van der Waals surface area contributed by atoms with Crippen LogP contribution in [0.25, 0.3) is 0 Å². The SMILES string of the molecule is CN=C(C)/C=C\CCCC(C)CCNN. The Bertz CT molecular complexity index is 197. The number of allylic oxidation sites excluding steroid dienone is 2. The minimum absolute atomic E-state index is 0.760. The summed E-state index contributed by atoms with van der Waals surface area (Å²) in [4.78, 5) is 4.07. The van der Waals surface area contributed by atoms with Gasteiger partial charge in [-0.1, -0.05) is 19.4 Å². The van der Waals surface area contributed by atoms with Crippen LogP contribution >= 0.6 is 0 Å². The largest absolute Gasteiger partial charge is 0.293 e. The van der Waals surface area contributed by atoms with Crippen molar-refractivity contribution >= 4 is 5.71 Å². The van der Waals surface area contributed by atoms with Crippen LogP contribution in [0.5, 0.6) is 0 Å². The molecule has 0 fully saturated rings. The van der Waals surface area contributed by atoms with Gasteiger partial charge >= 0.3 is 0 Å². The van der Waals surface area contributed by atoms with Gasteiger partial charge in [0.2, 0.25) is 0 Å². The number of nitrogens with two attached hydrogens (primary N) is 1. The van der Waals surface area contributed by atoms with E-state index in [0.717, 1.165) is 31.0 Å². The molecule has 3 nitrogen and oxygen atoms in total. The van der Waals surface area contributed by atoms with Crippen molar-refractivity contribution in [2.45, 2.75) is 39.5 Å². The highest BCUT2D eigenvalue weighted by Crippen LogP contribution is 2.11. The smallest absolute Gasteiger partial charge is 0.0310 e. The second-order valence-corrected chi connectivity index (χ2v) is 4.05. The van der Waals surface area contributed by atoms with Crippen molar-refractivity contribution < 1.29 is 0 Å². The quantitative estimate of drug-likeness (QED) is 0.280. The lowest BCUT2D eigenvalue weighted by Gasteiger charge is -2.09. The normalized spacial score (nSPS) is 14.8. The molecule has 0 spiro atoms. The molecule has 0 aromatic rings. The highest BCUT2D eigenvalue weighted by atomic mass is 15.2. The van der Waals surface area contributed by atoms with Crippen LogP contribution in [0.2, 0.25) is 0 Å². The predicted molar refractivity (Wildman–Crippen MR) is 68.0 cm³/mol. The molecular formula is C12H25N3. The van der Waals surface area contributed by atoms with Gasteiger partial charge in [0.15, 0.2) is 0 Å². The summed E-state index contributed by atoms with van der Waals surface area (Å²) in [5, 5.41) is 0. The second-order valence-electron chi connectivity index (χ2n) is 4.05. The molecule has 0 aromatic carbocycles. The Hall–Kier alpha value is -0.670. The van der Waals surface area contributed by atoms with Gasteiger partial charge in [-0.15, -0.1) is 0 Å². The Labute approximate surface area is 93.8 Å². The molecule has 0 aliphatic carbocycles. The van der Waals surface area contributed by atoms with Crippen LogP contribution in [-0.4, -0.2) is 19.3 Å². The van der Waals surface area contributed by atoms with Gasteiger partial charge in [-0.05, 0) is 38.2 Å². The molecule has 88 valence electrons.